The third kappa shape index (κ3) is 4.33. The Labute approximate surface area is 95.6 Å². The molecular weight excluding hydrogens is 205 g/mol. The molecule has 0 aliphatic heterocycles. The molecule has 0 fully saturated rings. The molecule has 1 rings (SSSR count). The first-order chi connectivity index (χ1) is 7.76. The summed E-state index contributed by atoms with van der Waals surface area (Å²) in [6.45, 7) is 2.76. The molecule has 0 aliphatic rings. The first-order valence-corrected chi connectivity index (χ1v) is 5.28. The molecule has 0 unspecified atom stereocenters. The van der Waals surface area contributed by atoms with E-state index in [1.54, 1.807) is 6.92 Å². The number of benzene rings is 1. The molecule has 0 saturated carbocycles. The minimum absolute atomic E-state index is 0.289. The lowest BCUT2D eigenvalue weighted by Crippen LogP contribution is -2.04. The van der Waals surface area contributed by atoms with E-state index in [1.165, 1.54) is 12.1 Å². The van der Waals surface area contributed by atoms with Crippen LogP contribution in [0.5, 0.6) is 5.75 Å². The van der Waals surface area contributed by atoms with Crippen LogP contribution in [0.4, 0.5) is 4.39 Å². The standard InChI is InChI=1S/C13H16FNO/c1-2-3-4-7-16-13-9-11(5-6-15)8-12(14)10-13/h8-10H,4-7,15H2,1H3. The molecule has 0 aromatic heterocycles. The van der Waals surface area contributed by atoms with E-state index in [4.69, 9.17) is 10.5 Å². The average Bonchev–Trinajstić information content (AvgIpc) is 2.24. The minimum Gasteiger partial charge on any atom is -0.492 e. The second-order valence-corrected chi connectivity index (χ2v) is 3.36. The van der Waals surface area contributed by atoms with Crippen LogP contribution in [-0.4, -0.2) is 13.2 Å². The van der Waals surface area contributed by atoms with Crippen molar-refractivity contribution in [3.8, 4) is 17.6 Å². The van der Waals surface area contributed by atoms with Crippen molar-refractivity contribution in [2.45, 2.75) is 19.8 Å². The van der Waals surface area contributed by atoms with Gasteiger partial charge in [-0.3, -0.25) is 0 Å². The van der Waals surface area contributed by atoms with Crippen LogP contribution >= 0.6 is 0 Å². The smallest absolute Gasteiger partial charge is 0.127 e. The molecule has 1 aromatic rings. The second-order valence-electron chi connectivity index (χ2n) is 3.36. The molecule has 0 atom stereocenters. The van der Waals surface area contributed by atoms with Crippen molar-refractivity contribution in [3.05, 3.63) is 29.6 Å². The molecule has 0 radical (unpaired) electrons. The Morgan fingerprint density at radius 1 is 1.38 bits per heavy atom. The first-order valence-electron chi connectivity index (χ1n) is 5.28. The Bertz CT molecular complexity index is 393. The number of halogens is 1. The van der Waals surface area contributed by atoms with Gasteiger partial charge in [-0.15, -0.1) is 11.8 Å². The van der Waals surface area contributed by atoms with Gasteiger partial charge in [0.15, 0.2) is 0 Å². The molecule has 0 bridgehead atoms. The van der Waals surface area contributed by atoms with Crippen molar-refractivity contribution in [1.29, 1.82) is 0 Å². The SMILES string of the molecule is CC#CCCOc1cc(F)cc(CCN)c1. The maximum Gasteiger partial charge on any atom is 0.127 e. The summed E-state index contributed by atoms with van der Waals surface area (Å²) in [5.41, 5.74) is 6.28. The van der Waals surface area contributed by atoms with Gasteiger partial charge in [-0.2, -0.15) is 0 Å². The summed E-state index contributed by atoms with van der Waals surface area (Å²) < 4.78 is 18.6. The summed E-state index contributed by atoms with van der Waals surface area (Å²) >= 11 is 0. The van der Waals surface area contributed by atoms with Gasteiger partial charge < -0.3 is 10.5 Å². The van der Waals surface area contributed by atoms with Crippen molar-refractivity contribution in [2.75, 3.05) is 13.2 Å². The van der Waals surface area contributed by atoms with Crippen LogP contribution in [0.25, 0.3) is 0 Å². The quantitative estimate of drug-likeness (QED) is 0.610. The fourth-order valence-corrected chi connectivity index (χ4v) is 1.36. The highest BCUT2D eigenvalue weighted by atomic mass is 19.1. The molecule has 0 spiro atoms. The van der Waals surface area contributed by atoms with Crippen molar-refractivity contribution < 1.29 is 9.13 Å². The third-order valence-electron chi connectivity index (χ3n) is 2.04. The summed E-state index contributed by atoms with van der Waals surface area (Å²) in [5.74, 6) is 5.91. The Hall–Kier alpha value is -1.53. The largest absolute Gasteiger partial charge is 0.492 e. The molecule has 86 valence electrons. The highest BCUT2D eigenvalue weighted by Crippen LogP contribution is 2.16. The number of rotatable bonds is 5. The molecule has 0 saturated heterocycles. The maximum atomic E-state index is 13.2. The predicted octanol–water partition coefficient (Wildman–Crippen LogP) is 2.12. The van der Waals surface area contributed by atoms with Gasteiger partial charge in [0.2, 0.25) is 0 Å². The highest BCUT2D eigenvalue weighted by Gasteiger charge is 2.01. The Morgan fingerprint density at radius 3 is 2.88 bits per heavy atom. The van der Waals surface area contributed by atoms with E-state index in [2.05, 4.69) is 11.8 Å². The molecule has 16 heavy (non-hydrogen) atoms. The third-order valence-corrected chi connectivity index (χ3v) is 2.04. The van der Waals surface area contributed by atoms with E-state index in [0.29, 0.717) is 31.7 Å². The Kier molecular flexibility index (Phi) is 5.38. The summed E-state index contributed by atoms with van der Waals surface area (Å²) in [6.07, 6.45) is 1.31. The summed E-state index contributed by atoms with van der Waals surface area (Å²) in [5, 5.41) is 0. The lowest BCUT2D eigenvalue weighted by atomic mass is 10.1. The number of hydrogen-bond acceptors (Lipinski definition) is 2. The number of hydrogen-bond donors (Lipinski definition) is 1. The van der Waals surface area contributed by atoms with Crippen LogP contribution in [0.1, 0.15) is 18.9 Å². The topological polar surface area (TPSA) is 35.2 Å². The van der Waals surface area contributed by atoms with Crippen LogP contribution < -0.4 is 10.5 Å². The minimum atomic E-state index is -0.289. The highest BCUT2D eigenvalue weighted by molar-refractivity contribution is 5.29. The zero-order valence-corrected chi connectivity index (χ0v) is 9.42. The number of ether oxygens (including phenoxy) is 1. The van der Waals surface area contributed by atoms with Gasteiger partial charge in [-0.25, -0.2) is 4.39 Å². The maximum absolute atomic E-state index is 13.2. The van der Waals surface area contributed by atoms with Gasteiger partial charge in [0.1, 0.15) is 11.6 Å². The first kappa shape index (κ1) is 12.5. The normalized spacial score (nSPS) is 9.44. The molecule has 0 heterocycles. The zero-order chi connectivity index (χ0) is 11.8. The fourth-order valence-electron chi connectivity index (χ4n) is 1.36. The van der Waals surface area contributed by atoms with Crippen molar-refractivity contribution >= 4 is 0 Å². The van der Waals surface area contributed by atoms with Crippen molar-refractivity contribution in [1.82, 2.24) is 0 Å². The summed E-state index contributed by atoms with van der Waals surface area (Å²) in [6, 6.07) is 4.67. The van der Waals surface area contributed by atoms with Gasteiger partial charge >= 0.3 is 0 Å². The lowest BCUT2D eigenvalue weighted by Gasteiger charge is -2.06. The summed E-state index contributed by atoms with van der Waals surface area (Å²) in [4.78, 5) is 0. The average molecular weight is 221 g/mol. The lowest BCUT2D eigenvalue weighted by molar-refractivity contribution is 0.325. The molecule has 3 heteroatoms. The van der Waals surface area contributed by atoms with Gasteiger partial charge in [0, 0.05) is 12.5 Å². The Morgan fingerprint density at radius 2 is 2.19 bits per heavy atom. The summed E-state index contributed by atoms with van der Waals surface area (Å²) in [7, 11) is 0. The van der Waals surface area contributed by atoms with Gasteiger partial charge in [-0.05, 0) is 37.6 Å². The Balaban J connectivity index is 2.60. The van der Waals surface area contributed by atoms with E-state index in [0.717, 1.165) is 5.56 Å². The van der Waals surface area contributed by atoms with Crippen LogP contribution in [0, 0.1) is 17.7 Å². The van der Waals surface area contributed by atoms with E-state index in [-0.39, 0.29) is 5.82 Å². The molecule has 2 N–H and O–H groups in total. The van der Waals surface area contributed by atoms with Crippen LogP contribution in [-0.2, 0) is 6.42 Å². The van der Waals surface area contributed by atoms with Crippen molar-refractivity contribution in [2.24, 2.45) is 5.73 Å². The molecule has 1 aromatic carbocycles. The predicted molar refractivity (Wildman–Crippen MR) is 62.7 cm³/mol. The molecule has 2 nitrogen and oxygen atoms in total. The van der Waals surface area contributed by atoms with Gasteiger partial charge in [-0.1, -0.05) is 0 Å². The van der Waals surface area contributed by atoms with Gasteiger partial charge in [0.05, 0.1) is 6.61 Å². The van der Waals surface area contributed by atoms with Crippen LogP contribution in [0.2, 0.25) is 0 Å². The van der Waals surface area contributed by atoms with Crippen LogP contribution in [0.3, 0.4) is 0 Å². The van der Waals surface area contributed by atoms with Gasteiger partial charge in [0.25, 0.3) is 0 Å². The second kappa shape index (κ2) is 6.86. The van der Waals surface area contributed by atoms with E-state index < -0.39 is 0 Å². The molecular formula is C13H16FNO. The number of nitrogens with two attached hydrogens (primary N) is 1. The zero-order valence-electron chi connectivity index (χ0n) is 9.42. The van der Waals surface area contributed by atoms with E-state index in [1.807, 2.05) is 6.07 Å². The van der Waals surface area contributed by atoms with E-state index in [9.17, 15) is 4.39 Å². The van der Waals surface area contributed by atoms with E-state index >= 15 is 0 Å². The monoisotopic (exact) mass is 221 g/mol. The van der Waals surface area contributed by atoms with Crippen LogP contribution in [0.15, 0.2) is 18.2 Å². The van der Waals surface area contributed by atoms with Crippen molar-refractivity contribution in [3.63, 3.8) is 0 Å². The molecule has 0 aliphatic carbocycles. The fraction of sp³-hybridized carbons (Fsp3) is 0.385. The molecule has 0 amide bonds.